The Labute approximate surface area is 153 Å². The highest BCUT2D eigenvalue weighted by Crippen LogP contribution is 2.30. The van der Waals surface area contributed by atoms with Crippen molar-refractivity contribution in [3.63, 3.8) is 0 Å². The summed E-state index contributed by atoms with van der Waals surface area (Å²) in [5.41, 5.74) is -0.964. The first-order chi connectivity index (χ1) is 12.2. The minimum atomic E-state index is -4.49. The molecule has 3 rings (SSSR count). The molecule has 2 aromatic heterocycles. The Kier molecular flexibility index (Phi) is 4.96. The molecular formula is C17H18ClF3N4O. The molecule has 1 fully saturated rings. The molecule has 0 saturated carbocycles. The van der Waals surface area contributed by atoms with Gasteiger partial charge in [0.15, 0.2) is 5.82 Å². The first-order valence-corrected chi connectivity index (χ1v) is 8.61. The van der Waals surface area contributed by atoms with Crippen molar-refractivity contribution in [2.24, 2.45) is 11.8 Å². The van der Waals surface area contributed by atoms with E-state index in [1.807, 2.05) is 4.90 Å². The van der Waals surface area contributed by atoms with Crippen molar-refractivity contribution in [2.75, 3.05) is 18.0 Å². The lowest BCUT2D eigenvalue weighted by Crippen LogP contribution is -2.40. The standard InChI is InChI=1S/C17H18ClF3N4O/c1-10-5-11(2)9-24(8-10)13-7-23-25(16(26)15(13)18)14-4-3-12(6-22-14)17(19,20)21/h3-4,6-7,10-11H,5,8-9H2,1-2H3. The number of nitrogens with zero attached hydrogens (tertiary/aromatic N) is 4. The minimum absolute atomic E-state index is 0.0111. The number of anilines is 1. The van der Waals surface area contributed by atoms with Gasteiger partial charge in [0.05, 0.1) is 17.4 Å². The van der Waals surface area contributed by atoms with E-state index in [0.29, 0.717) is 23.7 Å². The molecule has 2 atom stereocenters. The zero-order valence-electron chi connectivity index (χ0n) is 14.3. The van der Waals surface area contributed by atoms with Crippen LogP contribution in [0.4, 0.5) is 18.9 Å². The van der Waals surface area contributed by atoms with Crippen LogP contribution in [0.5, 0.6) is 0 Å². The van der Waals surface area contributed by atoms with Crippen molar-refractivity contribution < 1.29 is 13.2 Å². The summed E-state index contributed by atoms with van der Waals surface area (Å²) in [6.45, 7) is 5.82. The van der Waals surface area contributed by atoms with Crippen molar-refractivity contribution in [1.29, 1.82) is 0 Å². The lowest BCUT2D eigenvalue weighted by Gasteiger charge is -2.36. The summed E-state index contributed by atoms with van der Waals surface area (Å²) in [5, 5.41) is 4.05. The van der Waals surface area contributed by atoms with E-state index in [4.69, 9.17) is 11.6 Å². The molecule has 2 unspecified atom stereocenters. The summed E-state index contributed by atoms with van der Waals surface area (Å²) in [4.78, 5) is 18.3. The molecule has 1 aliphatic heterocycles. The maximum Gasteiger partial charge on any atom is 0.417 e. The molecule has 0 aromatic carbocycles. The van der Waals surface area contributed by atoms with Crippen LogP contribution in [0.25, 0.3) is 5.82 Å². The molecule has 0 radical (unpaired) electrons. The number of halogens is 4. The number of hydrogen-bond donors (Lipinski definition) is 0. The highest BCUT2D eigenvalue weighted by Gasteiger charge is 2.31. The average Bonchev–Trinajstić information content (AvgIpc) is 2.55. The van der Waals surface area contributed by atoms with Crippen LogP contribution in [0.2, 0.25) is 5.02 Å². The number of piperidine rings is 1. The molecule has 0 N–H and O–H groups in total. The second-order valence-electron chi connectivity index (χ2n) is 6.81. The normalized spacial score (nSPS) is 21.1. The second kappa shape index (κ2) is 6.90. The van der Waals surface area contributed by atoms with E-state index in [9.17, 15) is 18.0 Å². The van der Waals surface area contributed by atoms with Gasteiger partial charge in [-0.05, 0) is 30.4 Å². The fourth-order valence-electron chi connectivity index (χ4n) is 3.35. The van der Waals surface area contributed by atoms with Gasteiger partial charge in [-0.2, -0.15) is 23.0 Å². The zero-order valence-corrected chi connectivity index (χ0v) is 15.1. The SMILES string of the molecule is CC1CC(C)CN(c2cnn(-c3ccc(C(F)(F)F)cn3)c(=O)c2Cl)C1. The van der Waals surface area contributed by atoms with E-state index in [1.165, 1.54) is 6.20 Å². The van der Waals surface area contributed by atoms with Crippen LogP contribution < -0.4 is 10.5 Å². The van der Waals surface area contributed by atoms with E-state index in [-0.39, 0.29) is 10.8 Å². The van der Waals surface area contributed by atoms with Crippen molar-refractivity contribution in [3.05, 3.63) is 45.5 Å². The van der Waals surface area contributed by atoms with Gasteiger partial charge in [0.2, 0.25) is 0 Å². The summed E-state index contributed by atoms with van der Waals surface area (Å²) in [6.07, 6.45) is -1.26. The Balaban J connectivity index is 1.94. The predicted octanol–water partition coefficient (Wildman–Crippen LogP) is 3.78. The summed E-state index contributed by atoms with van der Waals surface area (Å²) in [6, 6.07) is 1.95. The molecule has 9 heteroatoms. The first-order valence-electron chi connectivity index (χ1n) is 8.23. The third kappa shape index (κ3) is 3.70. The van der Waals surface area contributed by atoms with Crippen LogP contribution in [-0.2, 0) is 6.18 Å². The molecule has 1 saturated heterocycles. The van der Waals surface area contributed by atoms with Gasteiger partial charge in [0.25, 0.3) is 5.56 Å². The third-order valence-corrected chi connectivity index (χ3v) is 4.76. The Morgan fingerprint density at radius 2 is 1.81 bits per heavy atom. The largest absolute Gasteiger partial charge is 0.417 e. The molecule has 0 bridgehead atoms. The fraction of sp³-hybridized carbons (Fsp3) is 0.471. The van der Waals surface area contributed by atoms with Gasteiger partial charge in [-0.3, -0.25) is 4.79 Å². The number of alkyl halides is 3. The predicted molar refractivity (Wildman–Crippen MR) is 92.8 cm³/mol. The quantitative estimate of drug-likeness (QED) is 0.788. The summed E-state index contributed by atoms with van der Waals surface area (Å²) < 4.78 is 38.8. The van der Waals surface area contributed by atoms with Crippen molar-refractivity contribution in [2.45, 2.75) is 26.4 Å². The van der Waals surface area contributed by atoms with Crippen LogP contribution in [0.1, 0.15) is 25.8 Å². The second-order valence-corrected chi connectivity index (χ2v) is 7.19. The van der Waals surface area contributed by atoms with Gasteiger partial charge >= 0.3 is 6.18 Å². The van der Waals surface area contributed by atoms with E-state index in [1.54, 1.807) is 0 Å². The monoisotopic (exact) mass is 386 g/mol. The molecule has 1 aliphatic rings. The molecule has 3 heterocycles. The highest BCUT2D eigenvalue weighted by molar-refractivity contribution is 6.33. The lowest BCUT2D eigenvalue weighted by molar-refractivity contribution is -0.137. The van der Waals surface area contributed by atoms with Crippen LogP contribution in [0.3, 0.4) is 0 Å². The van der Waals surface area contributed by atoms with E-state index in [2.05, 4.69) is 23.9 Å². The lowest BCUT2D eigenvalue weighted by atomic mass is 9.92. The van der Waals surface area contributed by atoms with Crippen LogP contribution >= 0.6 is 11.6 Å². The number of aromatic nitrogens is 3. The molecule has 140 valence electrons. The molecule has 26 heavy (non-hydrogen) atoms. The smallest absolute Gasteiger partial charge is 0.368 e. The van der Waals surface area contributed by atoms with Gasteiger partial charge < -0.3 is 4.90 Å². The summed E-state index contributed by atoms with van der Waals surface area (Å²) >= 11 is 6.26. The molecule has 2 aromatic rings. The maximum absolute atomic E-state index is 12.6. The zero-order chi connectivity index (χ0) is 19.1. The maximum atomic E-state index is 12.6. The van der Waals surface area contributed by atoms with Gasteiger partial charge in [0.1, 0.15) is 5.02 Å². The Morgan fingerprint density at radius 1 is 1.15 bits per heavy atom. The molecular weight excluding hydrogens is 369 g/mol. The van der Waals surface area contributed by atoms with Gasteiger partial charge in [-0.25, -0.2) is 4.98 Å². The number of pyridine rings is 1. The van der Waals surface area contributed by atoms with Gasteiger partial charge in [-0.1, -0.05) is 25.4 Å². The Morgan fingerprint density at radius 3 is 2.35 bits per heavy atom. The van der Waals surface area contributed by atoms with E-state index < -0.39 is 17.3 Å². The van der Waals surface area contributed by atoms with Gasteiger partial charge in [0, 0.05) is 19.3 Å². The third-order valence-electron chi connectivity index (χ3n) is 4.40. The summed E-state index contributed by atoms with van der Waals surface area (Å²) in [7, 11) is 0. The van der Waals surface area contributed by atoms with Crippen molar-refractivity contribution in [1.82, 2.24) is 14.8 Å². The molecule has 0 amide bonds. The molecule has 0 spiro atoms. The number of hydrogen-bond acceptors (Lipinski definition) is 4. The van der Waals surface area contributed by atoms with Crippen LogP contribution in [0.15, 0.2) is 29.3 Å². The average molecular weight is 387 g/mol. The topological polar surface area (TPSA) is 51.0 Å². The summed E-state index contributed by atoms with van der Waals surface area (Å²) in [5.74, 6) is 0.916. The molecule has 0 aliphatic carbocycles. The number of rotatable bonds is 2. The van der Waals surface area contributed by atoms with Crippen LogP contribution in [0, 0.1) is 11.8 Å². The highest BCUT2D eigenvalue weighted by atomic mass is 35.5. The fourth-order valence-corrected chi connectivity index (χ4v) is 3.59. The Hall–Kier alpha value is -2.09. The van der Waals surface area contributed by atoms with Crippen molar-refractivity contribution >= 4 is 17.3 Å². The minimum Gasteiger partial charge on any atom is -0.368 e. The van der Waals surface area contributed by atoms with E-state index in [0.717, 1.165) is 36.3 Å². The molecule has 5 nitrogen and oxygen atoms in total. The van der Waals surface area contributed by atoms with Gasteiger partial charge in [-0.15, -0.1) is 0 Å². The Bertz CT molecular complexity index is 841. The first kappa shape index (κ1) is 18.7. The van der Waals surface area contributed by atoms with Crippen LogP contribution in [-0.4, -0.2) is 27.9 Å². The van der Waals surface area contributed by atoms with Crippen molar-refractivity contribution in [3.8, 4) is 5.82 Å². The van der Waals surface area contributed by atoms with E-state index >= 15 is 0 Å².